The molecule has 0 aliphatic heterocycles. The largest absolute Gasteiger partial charge is 0.351 e. The number of nitrogens with one attached hydrogen (secondary N) is 2. The van der Waals surface area contributed by atoms with Crippen molar-refractivity contribution in [3.8, 4) is 0 Å². The lowest BCUT2D eigenvalue weighted by molar-refractivity contribution is 0.431. The molecule has 1 saturated carbocycles. The monoisotopic (exact) mass is 345 g/mol. The molecule has 0 bridgehead atoms. The summed E-state index contributed by atoms with van der Waals surface area (Å²) in [6, 6.07) is -0.131. The average molecular weight is 345 g/mol. The third-order valence-corrected chi connectivity index (χ3v) is 5.16. The van der Waals surface area contributed by atoms with Crippen molar-refractivity contribution < 1.29 is 0 Å². The Morgan fingerprint density at radius 2 is 2.17 bits per heavy atom. The van der Waals surface area contributed by atoms with Crippen LogP contribution in [0, 0.1) is 0 Å². The van der Waals surface area contributed by atoms with Gasteiger partial charge in [-0.3, -0.25) is 9.20 Å². The summed E-state index contributed by atoms with van der Waals surface area (Å²) in [5, 5.41) is 12.2. The van der Waals surface area contributed by atoms with Crippen molar-refractivity contribution in [1.29, 1.82) is 0 Å². The second kappa shape index (κ2) is 6.31. The highest BCUT2D eigenvalue weighted by Crippen LogP contribution is 2.32. The van der Waals surface area contributed by atoms with Crippen molar-refractivity contribution in [3.05, 3.63) is 34.4 Å². The van der Waals surface area contributed by atoms with Crippen LogP contribution in [-0.2, 0) is 0 Å². The lowest BCUT2D eigenvalue weighted by Crippen LogP contribution is -2.13. The van der Waals surface area contributed by atoms with Crippen LogP contribution >= 0.6 is 11.5 Å². The topological polar surface area (TPSA) is 101 Å². The van der Waals surface area contributed by atoms with Gasteiger partial charge in [-0.15, -0.1) is 10.2 Å². The maximum atomic E-state index is 11.7. The number of aromatic amines is 1. The van der Waals surface area contributed by atoms with Crippen molar-refractivity contribution in [2.45, 2.75) is 51.0 Å². The van der Waals surface area contributed by atoms with E-state index in [-0.39, 0.29) is 11.6 Å². The van der Waals surface area contributed by atoms with Crippen LogP contribution in [0.2, 0.25) is 0 Å². The summed E-state index contributed by atoms with van der Waals surface area (Å²) in [5.41, 5.74) is 0.0419. The summed E-state index contributed by atoms with van der Waals surface area (Å²) in [5.74, 6) is 2.12. The number of fused-ring (bicyclic) bond motifs is 1. The molecule has 1 unspecified atom stereocenters. The van der Waals surface area contributed by atoms with E-state index in [9.17, 15) is 4.79 Å². The molecule has 0 amide bonds. The van der Waals surface area contributed by atoms with Gasteiger partial charge in [-0.05, 0) is 19.8 Å². The molecule has 0 spiro atoms. The molecule has 126 valence electrons. The van der Waals surface area contributed by atoms with Gasteiger partial charge < -0.3 is 10.3 Å². The minimum Gasteiger partial charge on any atom is -0.351 e. The molecule has 3 heterocycles. The highest BCUT2D eigenvalue weighted by molar-refractivity contribution is 7.09. The van der Waals surface area contributed by atoms with Gasteiger partial charge in [0.05, 0.1) is 6.04 Å². The Kier molecular flexibility index (Phi) is 4.01. The average Bonchev–Trinajstić information content (AvgIpc) is 3.23. The standard InChI is InChI=1S/C15H19N7OS/c1-9(12-19-20-13-14(23)16-7-8-22(12)13)17-15-18-11(21-24-15)10-5-3-2-4-6-10/h7-10H,2-6H2,1H3,(H,16,23)(H,17,18,21). The van der Waals surface area contributed by atoms with Crippen molar-refractivity contribution in [3.63, 3.8) is 0 Å². The van der Waals surface area contributed by atoms with Gasteiger partial charge in [0.15, 0.2) is 5.82 Å². The molecule has 1 aliphatic carbocycles. The summed E-state index contributed by atoms with van der Waals surface area (Å²) in [6.45, 7) is 1.97. The molecule has 3 aromatic heterocycles. The molecule has 24 heavy (non-hydrogen) atoms. The molecule has 9 heteroatoms. The highest BCUT2D eigenvalue weighted by atomic mass is 32.1. The van der Waals surface area contributed by atoms with E-state index in [4.69, 9.17) is 0 Å². The van der Waals surface area contributed by atoms with Gasteiger partial charge in [-0.1, -0.05) is 19.3 Å². The number of rotatable bonds is 4. The zero-order chi connectivity index (χ0) is 16.5. The van der Waals surface area contributed by atoms with Crippen LogP contribution in [-0.4, -0.2) is 28.9 Å². The van der Waals surface area contributed by atoms with Crippen molar-refractivity contribution in [2.75, 3.05) is 5.32 Å². The Morgan fingerprint density at radius 3 is 3.00 bits per heavy atom. The molecule has 1 aliphatic rings. The summed E-state index contributed by atoms with van der Waals surface area (Å²) in [4.78, 5) is 19.0. The predicted octanol–water partition coefficient (Wildman–Crippen LogP) is 2.49. The number of nitrogens with zero attached hydrogens (tertiary/aromatic N) is 5. The van der Waals surface area contributed by atoms with E-state index in [1.807, 2.05) is 6.92 Å². The minimum atomic E-state index is -0.251. The first-order valence-electron chi connectivity index (χ1n) is 8.25. The molecule has 1 atom stereocenters. The first-order chi connectivity index (χ1) is 11.7. The first-order valence-corrected chi connectivity index (χ1v) is 9.02. The smallest absolute Gasteiger partial charge is 0.293 e. The molecule has 4 rings (SSSR count). The quantitative estimate of drug-likeness (QED) is 0.753. The van der Waals surface area contributed by atoms with Crippen molar-refractivity contribution >= 4 is 22.3 Å². The number of hydrogen-bond donors (Lipinski definition) is 2. The number of hydrogen-bond acceptors (Lipinski definition) is 7. The fraction of sp³-hybridized carbons (Fsp3) is 0.533. The number of anilines is 1. The van der Waals surface area contributed by atoms with E-state index in [1.165, 1.54) is 43.6 Å². The summed E-state index contributed by atoms with van der Waals surface area (Å²) >= 11 is 1.38. The minimum absolute atomic E-state index is 0.131. The number of H-pyrrole nitrogens is 1. The Balaban J connectivity index is 1.53. The Hall–Kier alpha value is -2.29. The lowest BCUT2D eigenvalue weighted by atomic mass is 9.89. The van der Waals surface area contributed by atoms with Gasteiger partial charge in [-0.2, -0.15) is 4.37 Å². The zero-order valence-corrected chi connectivity index (χ0v) is 14.2. The van der Waals surface area contributed by atoms with Crippen molar-refractivity contribution in [2.24, 2.45) is 0 Å². The summed E-state index contributed by atoms with van der Waals surface area (Å²) in [7, 11) is 0. The molecular weight excluding hydrogens is 326 g/mol. The second-order valence-corrected chi connectivity index (χ2v) is 6.95. The van der Waals surface area contributed by atoms with Crippen LogP contribution in [0.3, 0.4) is 0 Å². The molecule has 2 N–H and O–H groups in total. The van der Waals surface area contributed by atoms with Gasteiger partial charge in [0, 0.05) is 29.8 Å². The van der Waals surface area contributed by atoms with Gasteiger partial charge in [0.2, 0.25) is 10.8 Å². The molecule has 0 saturated heterocycles. The lowest BCUT2D eigenvalue weighted by Gasteiger charge is -2.18. The van der Waals surface area contributed by atoms with E-state index >= 15 is 0 Å². The van der Waals surface area contributed by atoms with E-state index < -0.39 is 0 Å². The number of aromatic nitrogens is 6. The van der Waals surface area contributed by atoms with Crippen LogP contribution in [0.15, 0.2) is 17.2 Å². The SMILES string of the molecule is CC(Nc1nc(C2CCCCC2)ns1)c1nnc2c(=O)[nH]ccn12. The van der Waals surface area contributed by atoms with Crippen LogP contribution < -0.4 is 10.9 Å². The highest BCUT2D eigenvalue weighted by Gasteiger charge is 2.21. The predicted molar refractivity (Wildman–Crippen MR) is 91.4 cm³/mol. The van der Waals surface area contributed by atoms with Crippen molar-refractivity contribution in [1.82, 2.24) is 28.9 Å². The third-order valence-electron chi connectivity index (χ3n) is 4.50. The maximum absolute atomic E-state index is 11.7. The fourth-order valence-electron chi connectivity index (χ4n) is 3.22. The molecule has 8 nitrogen and oxygen atoms in total. The van der Waals surface area contributed by atoms with Crippen LogP contribution in [0.5, 0.6) is 0 Å². The fourth-order valence-corrected chi connectivity index (χ4v) is 3.96. The molecule has 3 aromatic rings. The van der Waals surface area contributed by atoms with E-state index in [0.29, 0.717) is 17.4 Å². The van der Waals surface area contributed by atoms with Gasteiger partial charge in [-0.25, -0.2) is 4.98 Å². The first kappa shape index (κ1) is 15.3. The van der Waals surface area contributed by atoms with E-state index in [2.05, 4.69) is 29.9 Å². The zero-order valence-electron chi connectivity index (χ0n) is 13.4. The Morgan fingerprint density at radius 1 is 1.33 bits per heavy atom. The molecular formula is C15H19N7OS. The Bertz CT molecular complexity index is 892. The maximum Gasteiger partial charge on any atom is 0.293 e. The van der Waals surface area contributed by atoms with Crippen LogP contribution in [0.1, 0.15) is 62.6 Å². The second-order valence-electron chi connectivity index (χ2n) is 6.20. The van der Waals surface area contributed by atoms with Gasteiger partial charge in [0.25, 0.3) is 5.56 Å². The normalized spacial score (nSPS) is 17.2. The molecule has 0 aromatic carbocycles. The van der Waals surface area contributed by atoms with Gasteiger partial charge in [0.1, 0.15) is 5.82 Å². The van der Waals surface area contributed by atoms with Gasteiger partial charge >= 0.3 is 0 Å². The third kappa shape index (κ3) is 2.79. The van der Waals surface area contributed by atoms with E-state index in [0.717, 1.165) is 11.0 Å². The van der Waals surface area contributed by atoms with E-state index in [1.54, 1.807) is 16.8 Å². The molecule has 1 fully saturated rings. The summed E-state index contributed by atoms with van der Waals surface area (Å²) in [6.07, 6.45) is 9.56. The Labute approximate surface area is 142 Å². The van der Waals surface area contributed by atoms with Crippen LogP contribution in [0.25, 0.3) is 5.65 Å². The van der Waals surface area contributed by atoms with Crippen LogP contribution in [0.4, 0.5) is 5.13 Å². The molecule has 0 radical (unpaired) electrons. The summed E-state index contributed by atoms with van der Waals surface area (Å²) < 4.78 is 6.21.